The molecule has 0 radical (unpaired) electrons. The predicted molar refractivity (Wildman–Crippen MR) is 127 cm³/mol. The van der Waals surface area contributed by atoms with Gasteiger partial charge < -0.3 is 29.9 Å². The second-order valence-corrected chi connectivity index (χ2v) is 10.1. The molecule has 1 aliphatic rings. The van der Waals surface area contributed by atoms with Gasteiger partial charge in [0.05, 0.1) is 19.3 Å². The van der Waals surface area contributed by atoms with Crippen molar-refractivity contribution in [2.75, 3.05) is 20.3 Å². The summed E-state index contributed by atoms with van der Waals surface area (Å²) in [5, 5.41) is 11.7. The Kier molecular flexibility index (Phi) is 9.96. The van der Waals surface area contributed by atoms with Gasteiger partial charge in [-0.1, -0.05) is 32.9 Å². The molecule has 0 spiro atoms. The van der Waals surface area contributed by atoms with E-state index in [1.807, 2.05) is 27.7 Å². The Hall–Kier alpha value is -2.79. The van der Waals surface area contributed by atoms with Gasteiger partial charge in [-0.15, -0.1) is 0 Å². The van der Waals surface area contributed by atoms with Crippen LogP contribution in [0, 0.1) is 18.8 Å². The third-order valence-electron chi connectivity index (χ3n) is 5.59. The minimum atomic E-state index is -1.07. The first-order chi connectivity index (χ1) is 16.4. The highest BCUT2D eigenvalue weighted by Gasteiger charge is 2.50. The molecule has 0 bridgehead atoms. The number of Topliss-reactive ketones (excluding diaryl/α,β-unsaturated/α-hetero) is 1. The van der Waals surface area contributed by atoms with Gasteiger partial charge in [0.2, 0.25) is 11.8 Å². The lowest BCUT2D eigenvalue weighted by atomic mass is 9.92. The van der Waals surface area contributed by atoms with Crippen molar-refractivity contribution in [3.63, 3.8) is 0 Å². The van der Waals surface area contributed by atoms with Gasteiger partial charge in [0.1, 0.15) is 23.4 Å². The van der Waals surface area contributed by atoms with Crippen LogP contribution in [-0.2, 0) is 23.9 Å². The Labute approximate surface area is 206 Å². The van der Waals surface area contributed by atoms with E-state index < -0.39 is 41.4 Å². The summed E-state index contributed by atoms with van der Waals surface area (Å²) in [6.07, 6.45) is 0.787. The second-order valence-electron chi connectivity index (χ2n) is 10.1. The number of rotatable bonds is 14. The largest absolute Gasteiger partial charge is 0.382 e. The lowest BCUT2D eigenvalue weighted by Crippen LogP contribution is -2.57. The van der Waals surface area contributed by atoms with Crippen LogP contribution in [0.15, 0.2) is 10.6 Å². The number of methoxy groups -OCH3 is 1. The van der Waals surface area contributed by atoms with Crippen LogP contribution in [0.5, 0.6) is 0 Å². The summed E-state index contributed by atoms with van der Waals surface area (Å²) < 4.78 is 15.3. The highest BCUT2D eigenvalue weighted by atomic mass is 16.6. The van der Waals surface area contributed by atoms with Crippen LogP contribution in [0.1, 0.15) is 63.7 Å². The minimum absolute atomic E-state index is 0.0266. The SMILES string of the molecule is COC[C@H](NC(=O)c1cc(C)on1)C(=O)N[C@@H](CC(C)C)C(=O)N[C@@H](CC(C)C)C(=O)[C@@]1(C)CO1. The molecule has 2 heterocycles. The van der Waals surface area contributed by atoms with Crippen LogP contribution in [0.25, 0.3) is 0 Å². The van der Waals surface area contributed by atoms with E-state index >= 15 is 0 Å². The first kappa shape index (κ1) is 28.4. The zero-order valence-corrected chi connectivity index (χ0v) is 21.6. The quantitative estimate of drug-likeness (QED) is 0.326. The molecule has 0 aromatic carbocycles. The molecule has 1 saturated heterocycles. The lowest BCUT2D eigenvalue weighted by molar-refractivity contribution is -0.134. The van der Waals surface area contributed by atoms with Crippen molar-refractivity contribution in [2.24, 2.45) is 11.8 Å². The number of ether oxygens (including phenoxy) is 2. The third-order valence-corrected chi connectivity index (χ3v) is 5.59. The Bertz CT molecular complexity index is 907. The number of ketones is 1. The van der Waals surface area contributed by atoms with Gasteiger partial charge in [0.25, 0.3) is 5.91 Å². The normalized spacial score (nSPS) is 19.7. The topological polar surface area (TPSA) is 152 Å². The number of nitrogens with one attached hydrogen (secondary N) is 3. The van der Waals surface area contributed by atoms with Crippen LogP contribution in [0.4, 0.5) is 0 Å². The molecule has 1 aromatic rings. The minimum Gasteiger partial charge on any atom is -0.382 e. The molecule has 35 heavy (non-hydrogen) atoms. The molecule has 11 nitrogen and oxygen atoms in total. The number of hydrogen-bond acceptors (Lipinski definition) is 8. The summed E-state index contributed by atoms with van der Waals surface area (Å²) in [6, 6.07) is -1.27. The van der Waals surface area contributed by atoms with E-state index in [0.717, 1.165) is 0 Å². The molecule has 0 saturated carbocycles. The standard InChI is InChI=1S/C24H38N4O7/c1-13(2)8-16(20(29)24(6)12-34-24)25-21(30)17(9-14(3)4)26-23(32)19(11-33-7)27-22(31)18-10-15(5)35-28-18/h10,13-14,16-17,19H,8-9,11-12H2,1-7H3,(H,25,30)(H,26,32)(H,27,31)/t16-,17-,19-,24+/m0/s1. The highest BCUT2D eigenvalue weighted by Crippen LogP contribution is 2.29. The Morgan fingerprint density at radius 1 is 1.00 bits per heavy atom. The van der Waals surface area contributed by atoms with Crippen molar-refractivity contribution in [3.05, 3.63) is 17.5 Å². The summed E-state index contributed by atoms with van der Waals surface area (Å²) >= 11 is 0. The van der Waals surface area contributed by atoms with Gasteiger partial charge in [-0.3, -0.25) is 19.2 Å². The van der Waals surface area contributed by atoms with E-state index in [2.05, 4.69) is 21.1 Å². The summed E-state index contributed by atoms with van der Waals surface area (Å²) in [7, 11) is 1.40. The summed E-state index contributed by atoms with van der Waals surface area (Å²) in [4.78, 5) is 51.7. The van der Waals surface area contributed by atoms with E-state index in [9.17, 15) is 19.2 Å². The number of aryl methyl sites for hydroxylation is 1. The number of carbonyl (C=O) groups is 4. The van der Waals surface area contributed by atoms with Gasteiger partial charge >= 0.3 is 0 Å². The Morgan fingerprint density at radius 2 is 1.54 bits per heavy atom. The van der Waals surface area contributed by atoms with Gasteiger partial charge in [-0.2, -0.15) is 0 Å². The molecule has 3 N–H and O–H groups in total. The summed E-state index contributed by atoms with van der Waals surface area (Å²) in [5.74, 6) is -1.16. The van der Waals surface area contributed by atoms with Crippen LogP contribution in [0.3, 0.4) is 0 Å². The molecular formula is C24H38N4O7. The van der Waals surface area contributed by atoms with Gasteiger partial charge in [-0.25, -0.2) is 0 Å². The molecule has 0 unspecified atom stereocenters. The molecule has 1 aliphatic heterocycles. The van der Waals surface area contributed by atoms with E-state index in [1.54, 1.807) is 13.8 Å². The van der Waals surface area contributed by atoms with E-state index in [0.29, 0.717) is 25.2 Å². The summed E-state index contributed by atoms with van der Waals surface area (Å²) in [5.41, 5.74) is -0.851. The van der Waals surface area contributed by atoms with Crippen molar-refractivity contribution < 1.29 is 33.2 Å². The summed E-state index contributed by atoms with van der Waals surface area (Å²) in [6.45, 7) is 11.3. The number of carbonyl (C=O) groups excluding carboxylic acids is 4. The Balaban J connectivity index is 2.13. The molecule has 1 fully saturated rings. The number of aromatic nitrogens is 1. The van der Waals surface area contributed by atoms with E-state index in [1.165, 1.54) is 13.2 Å². The fourth-order valence-corrected chi connectivity index (χ4v) is 3.62. The maximum absolute atomic E-state index is 13.2. The van der Waals surface area contributed by atoms with Gasteiger partial charge in [0.15, 0.2) is 11.5 Å². The predicted octanol–water partition coefficient (Wildman–Crippen LogP) is 1.15. The Morgan fingerprint density at radius 3 is 2.03 bits per heavy atom. The lowest BCUT2D eigenvalue weighted by Gasteiger charge is -2.27. The van der Waals surface area contributed by atoms with Crippen molar-refractivity contribution in [3.8, 4) is 0 Å². The molecule has 4 atom stereocenters. The fraction of sp³-hybridized carbons (Fsp3) is 0.708. The van der Waals surface area contributed by atoms with Crippen molar-refractivity contribution in [2.45, 2.75) is 78.1 Å². The molecule has 196 valence electrons. The highest BCUT2D eigenvalue weighted by molar-refractivity contribution is 5.99. The zero-order valence-electron chi connectivity index (χ0n) is 21.6. The molecule has 11 heteroatoms. The first-order valence-electron chi connectivity index (χ1n) is 11.9. The molecule has 1 aromatic heterocycles. The monoisotopic (exact) mass is 494 g/mol. The zero-order chi connectivity index (χ0) is 26.3. The number of amides is 3. The number of epoxide rings is 1. The third kappa shape index (κ3) is 8.43. The average molecular weight is 495 g/mol. The van der Waals surface area contributed by atoms with Crippen LogP contribution in [-0.4, -0.2) is 72.7 Å². The van der Waals surface area contributed by atoms with Gasteiger partial charge in [0, 0.05) is 13.2 Å². The van der Waals surface area contributed by atoms with Crippen LogP contribution < -0.4 is 16.0 Å². The molecule has 0 aliphatic carbocycles. The van der Waals surface area contributed by atoms with Crippen LogP contribution >= 0.6 is 0 Å². The number of hydrogen-bond donors (Lipinski definition) is 3. The molecule has 3 amide bonds. The molecular weight excluding hydrogens is 456 g/mol. The van der Waals surface area contributed by atoms with Crippen molar-refractivity contribution >= 4 is 23.5 Å². The van der Waals surface area contributed by atoms with E-state index in [-0.39, 0.29) is 29.9 Å². The smallest absolute Gasteiger partial charge is 0.274 e. The van der Waals surface area contributed by atoms with Crippen molar-refractivity contribution in [1.29, 1.82) is 0 Å². The maximum atomic E-state index is 13.2. The fourth-order valence-electron chi connectivity index (χ4n) is 3.62. The molecule has 2 rings (SSSR count). The first-order valence-corrected chi connectivity index (χ1v) is 11.9. The maximum Gasteiger partial charge on any atom is 0.274 e. The van der Waals surface area contributed by atoms with Gasteiger partial charge in [-0.05, 0) is 38.5 Å². The van der Waals surface area contributed by atoms with E-state index in [4.69, 9.17) is 14.0 Å². The van der Waals surface area contributed by atoms with Crippen molar-refractivity contribution in [1.82, 2.24) is 21.1 Å². The van der Waals surface area contributed by atoms with Crippen LogP contribution in [0.2, 0.25) is 0 Å². The number of nitrogens with zero attached hydrogens (tertiary/aromatic N) is 1. The second kappa shape index (κ2) is 12.3. The average Bonchev–Trinajstić information content (AvgIpc) is 3.37.